The molecule has 1 amide bonds. The fourth-order valence-corrected chi connectivity index (χ4v) is 4.91. The third kappa shape index (κ3) is 2.62. The van der Waals surface area contributed by atoms with E-state index in [4.69, 9.17) is 0 Å². The fourth-order valence-electron chi connectivity index (χ4n) is 3.99. The number of carbonyl (C=O) groups excluding carboxylic acids is 2. The lowest BCUT2D eigenvalue weighted by molar-refractivity contribution is -0.114. The summed E-state index contributed by atoms with van der Waals surface area (Å²) >= 11 is 1.82. The van der Waals surface area contributed by atoms with Gasteiger partial charge in [-0.15, -0.1) is 11.3 Å². The highest BCUT2D eigenvalue weighted by Crippen LogP contribution is 2.37. The van der Waals surface area contributed by atoms with Crippen LogP contribution in [0.3, 0.4) is 0 Å². The van der Waals surface area contributed by atoms with Gasteiger partial charge in [0.2, 0.25) is 0 Å². The molecule has 0 aliphatic carbocycles. The molecule has 2 aromatic rings. The van der Waals surface area contributed by atoms with Crippen LogP contribution < -0.4 is 4.90 Å². The molecule has 0 saturated heterocycles. The third-order valence-electron chi connectivity index (χ3n) is 5.36. The maximum Gasteiger partial charge on any atom is 0.300 e. The molecule has 0 saturated carbocycles. The van der Waals surface area contributed by atoms with Crippen molar-refractivity contribution in [2.24, 2.45) is 0 Å². The lowest BCUT2D eigenvalue weighted by Crippen LogP contribution is -2.45. The summed E-state index contributed by atoms with van der Waals surface area (Å²) in [5.74, 6) is -0.763. The van der Waals surface area contributed by atoms with E-state index < -0.39 is 5.91 Å². The van der Waals surface area contributed by atoms with Gasteiger partial charge in [-0.05, 0) is 54.0 Å². The smallest absolute Gasteiger partial charge is 0.291 e. The van der Waals surface area contributed by atoms with E-state index in [0.29, 0.717) is 18.3 Å². The van der Waals surface area contributed by atoms with Crippen molar-refractivity contribution < 1.29 is 9.59 Å². The number of carbonyl (C=O) groups is 2. The molecule has 0 radical (unpaired) electrons. The first-order valence-corrected chi connectivity index (χ1v) is 9.81. The quantitative estimate of drug-likeness (QED) is 0.784. The van der Waals surface area contributed by atoms with Gasteiger partial charge in [0.05, 0.1) is 17.9 Å². The van der Waals surface area contributed by atoms with Crippen LogP contribution in [0.1, 0.15) is 52.7 Å². The SMILES string of the molecule is CCc1ccc2c(c1)C(=O)C(=O)N2CN1CCc2sccc2[C@H]1CC. The Balaban J connectivity index is 1.64. The van der Waals surface area contributed by atoms with E-state index in [0.717, 1.165) is 37.1 Å². The van der Waals surface area contributed by atoms with Crippen LogP contribution in [0.15, 0.2) is 29.6 Å². The highest BCUT2D eigenvalue weighted by molar-refractivity contribution is 7.10. The molecule has 0 fully saturated rings. The Labute approximate surface area is 152 Å². The number of anilines is 1. The zero-order valence-electron chi connectivity index (χ0n) is 14.6. The summed E-state index contributed by atoms with van der Waals surface area (Å²) < 4.78 is 0. The van der Waals surface area contributed by atoms with Crippen LogP contribution in [0.5, 0.6) is 0 Å². The number of thiophene rings is 1. The number of rotatable bonds is 4. The molecule has 0 bridgehead atoms. The number of nitrogens with zero attached hydrogens (tertiary/aromatic N) is 2. The van der Waals surface area contributed by atoms with Crippen molar-refractivity contribution in [3.05, 3.63) is 51.2 Å². The van der Waals surface area contributed by atoms with Gasteiger partial charge in [-0.1, -0.05) is 19.9 Å². The molecule has 0 unspecified atom stereocenters. The molecule has 4 nitrogen and oxygen atoms in total. The predicted octanol–water partition coefficient (Wildman–Crippen LogP) is 3.81. The van der Waals surface area contributed by atoms with Crippen molar-refractivity contribution in [1.82, 2.24) is 4.90 Å². The first-order chi connectivity index (χ1) is 12.1. The zero-order chi connectivity index (χ0) is 17.6. The van der Waals surface area contributed by atoms with Gasteiger partial charge in [0.15, 0.2) is 0 Å². The number of ketones is 1. The molecule has 130 valence electrons. The van der Waals surface area contributed by atoms with Crippen LogP contribution in [0, 0.1) is 0 Å². The van der Waals surface area contributed by atoms with Crippen molar-refractivity contribution >= 4 is 28.7 Å². The molecule has 2 aliphatic heterocycles. The van der Waals surface area contributed by atoms with E-state index >= 15 is 0 Å². The highest BCUT2D eigenvalue weighted by atomic mass is 32.1. The van der Waals surface area contributed by atoms with Crippen LogP contribution >= 0.6 is 11.3 Å². The van der Waals surface area contributed by atoms with Crippen molar-refractivity contribution in [3.8, 4) is 0 Å². The van der Waals surface area contributed by atoms with E-state index in [9.17, 15) is 9.59 Å². The van der Waals surface area contributed by atoms with Crippen molar-refractivity contribution in [3.63, 3.8) is 0 Å². The maximum atomic E-state index is 12.6. The summed E-state index contributed by atoms with van der Waals surface area (Å²) in [5.41, 5.74) is 3.80. The molecule has 25 heavy (non-hydrogen) atoms. The number of benzene rings is 1. The molecule has 3 heterocycles. The van der Waals surface area contributed by atoms with Gasteiger partial charge in [-0.2, -0.15) is 0 Å². The van der Waals surface area contributed by atoms with Gasteiger partial charge in [0.1, 0.15) is 0 Å². The van der Waals surface area contributed by atoms with Crippen molar-refractivity contribution in [2.45, 2.75) is 39.2 Å². The second-order valence-electron chi connectivity index (χ2n) is 6.69. The summed E-state index contributed by atoms with van der Waals surface area (Å²) in [5, 5.41) is 2.16. The van der Waals surface area contributed by atoms with E-state index in [1.165, 1.54) is 10.4 Å². The van der Waals surface area contributed by atoms with Gasteiger partial charge in [0.25, 0.3) is 5.78 Å². The van der Waals surface area contributed by atoms with Crippen LogP contribution in [0.25, 0.3) is 0 Å². The zero-order valence-corrected chi connectivity index (χ0v) is 15.4. The summed E-state index contributed by atoms with van der Waals surface area (Å²) in [7, 11) is 0. The largest absolute Gasteiger partial charge is 0.300 e. The van der Waals surface area contributed by atoms with E-state index in [2.05, 4.69) is 30.2 Å². The van der Waals surface area contributed by atoms with Crippen LogP contribution in [0.2, 0.25) is 0 Å². The minimum Gasteiger partial charge on any atom is -0.291 e. The number of Topliss-reactive ketones (excluding diaryl/α,β-unsaturated/α-hetero) is 1. The minimum atomic E-state index is -0.394. The highest BCUT2D eigenvalue weighted by Gasteiger charge is 2.38. The summed E-state index contributed by atoms with van der Waals surface area (Å²) in [6, 6.07) is 8.34. The number of hydrogen-bond acceptors (Lipinski definition) is 4. The molecule has 0 N–H and O–H groups in total. The monoisotopic (exact) mass is 354 g/mol. The topological polar surface area (TPSA) is 40.6 Å². The number of fused-ring (bicyclic) bond motifs is 2. The summed E-state index contributed by atoms with van der Waals surface area (Å²) in [6.45, 7) is 5.64. The molecule has 1 atom stereocenters. The average Bonchev–Trinajstić information content (AvgIpc) is 3.20. The van der Waals surface area contributed by atoms with Crippen molar-refractivity contribution in [2.75, 3.05) is 18.1 Å². The Hall–Kier alpha value is -1.98. The Bertz CT molecular complexity index is 842. The Morgan fingerprint density at radius 1 is 1.20 bits per heavy atom. The molecule has 5 heteroatoms. The predicted molar refractivity (Wildman–Crippen MR) is 100 cm³/mol. The minimum absolute atomic E-state index is 0.317. The number of amides is 1. The summed E-state index contributed by atoms with van der Waals surface area (Å²) in [6.07, 6.45) is 2.88. The first-order valence-electron chi connectivity index (χ1n) is 8.93. The molecule has 4 rings (SSSR count). The molecule has 0 spiro atoms. The van der Waals surface area contributed by atoms with Crippen LogP contribution in [0.4, 0.5) is 5.69 Å². The number of hydrogen-bond donors (Lipinski definition) is 0. The van der Waals surface area contributed by atoms with Crippen LogP contribution in [-0.4, -0.2) is 29.8 Å². The third-order valence-corrected chi connectivity index (χ3v) is 6.36. The normalized spacial score (nSPS) is 20.1. The first kappa shape index (κ1) is 16.5. The molecular weight excluding hydrogens is 332 g/mol. The van der Waals surface area contributed by atoms with Crippen LogP contribution in [-0.2, 0) is 17.6 Å². The fraction of sp³-hybridized carbons (Fsp3) is 0.400. The standard InChI is InChI=1S/C20H22N2O2S/c1-3-13-5-6-17-15(11-13)19(23)20(24)22(17)12-21-9-7-18-14(8-10-25-18)16(21)4-2/h5-6,8,10-11,16H,3-4,7,9,12H2,1-2H3/t16-/m1/s1. The average molecular weight is 354 g/mol. The molecule has 1 aromatic heterocycles. The lowest BCUT2D eigenvalue weighted by Gasteiger charge is -2.37. The molecule has 2 aliphatic rings. The molecule has 1 aromatic carbocycles. The molecular formula is C20H22N2O2S. The second-order valence-corrected chi connectivity index (χ2v) is 7.69. The Morgan fingerprint density at radius 3 is 2.80 bits per heavy atom. The van der Waals surface area contributed by atoms with Gasteiger partial charge in [-0.3, -0.25) is 19.4 Å². The second kappa shape index (κ2) is 6.39. The number of aryl methyl sites for hydroxylation is 1. The Kier molecular flexibility index (Phi) is 4.21. The van der Waals surface area contributed by atoms with E-state index in [-0.39, 0.29) is 5.78 Å². The van der Waals surface area contributed by atoms with Crippen molar-refractivity contribution in [1.29, 1.82) is 0 Å². The Morgan fingerprint density at radius 2 is 2.04 bits per heavy atom. The maximum absolute atomic E-state index is 12.6. The van der Waals surface area contributed by atoms with Gasteiger partial charge in [0, 0.05) is 17.5 Å². The lowest BCUT2D eigenvalue weighted by atomic mass is 9.98. The van der Waals surface area contributed by atoms with Gasteiger partial charge in [-0.25, -0.2) is 0 Å². The van der Waals surface area contributed by atoms with Gasteiger partial charge < -0.3 is 0 Å². The summed E-state index contributed by atoms with van der Waals surface area (Å²) in [4.78, 5) is 30.5. The van der Waals surface area contributed by atoms with E-state index in [1.54, 1.807) is 4.90 Å². The van der Waals surface area contributed by atoms with E-state index in [1.807, 2.05) is 29.5 Å². The van der Waals surface area contributed by atoms with Gasteiger partial charge >= 0.3 is 5.91 Å².